The molecule has 0 aromatic heterocycles. The molecule has 0 aliphatic rings. The molecule has 5 heteroatoms. The Morgan fingerprint density at radius 3 is 2.27 bits per heavy atom. The van der Waals surface area contributed by atoms with Gasteiger partial charge in [-0.05, 0) is 30.0 Å². The van der Waals surface area contributed by atoms with Crippen LogP contribution < -0.4 is 4.18 Å². The highest BCUT2D eigenvalue weighted by Gasteiger charge is 2.07. The fourth-order valence-corrected chi connectivity index (χ4v) is 1.56. The minimum absolute atomic E-state index is 0.115. The average Bonchev–Trinajstić information content (AvgIpc) is 2.15. The van der Waals surface area contributed by atoms with Gasteiger partial charge in [0.2, 0.25) is 0 Å². The summed E-state index contributed by atoms with van der Waals surface area (Å²) in [5.41, 5.74) is 1.11. The fraction of sp³-hybridized carbons (Fsp3) is 0.400. The lowest BCUT2D eigenvalue weighted by Gasteiger charge is -2.09. The number of benzene rings is 1. The quantitative estimate of drug-likeness (QED) is 0.806. The second-order valence-electron chi connectivity index (χ2n) is 3.39. The fourth-order valence-electron chi connectivity index (χ4n) is 1.21. The molecule has 0 saturated carbocycles. The third-order valence-electron chi connectivity index (χ3n) is 2.26. The van der Waals surface area contributed by atoms with Gasteiger partial charge in [-0.15, -0.1) is 0 Å². The Kier molecular flexibility index (Phi) is 3.71. The van der Waals surface area contributed by atoms with Crippen LogP contribution in [-0.2, 0) is 10.4 Å². The number of hydrogen-bond donors (Lipinski definition) is 1. The summed E-state index contributed by atoms with van der Waals surface area (Å²) in [6.07, 6.45) is 1.01. The zero-order chi connectivity index (χ0) is 11.5. The van der Waals surface area contributed by atoms with E-state index >= 15 is 0 Å². The average molecular weight is 230 g/mol. The van der Waals surface area contributed by atoms with Crippen molar-refractivity contribution in [2.45, 2.75) is 26.2 Å². The van der Waals surface area contributed by atoms with Crippen LogP contribution in [0.15, 0.2) is 24.3 Å². The van der Waals surface area contributed by atoms with Gasteiger partial charge in [0, 0.05) is 0 Å². The van der Waals surface area contributed by atoms with Gasteiger partial charge in [-0.3, -0.25) is 4.55 Å². The lowest BCUT2D eigenvalue weighted by molar-refractivity contribution is 0.386. The number of hydrogen-bond acceptors (Lipinski definition) is 3. The van der Waals surface area contributed by atoms with Crippen LogP contribution in [0.25, 0.3) is 0 Å². The highest BCUT2D eigenvalue weighted by Crippen LogP contribution is 2.21. The second kappa shape index (κ2) is 4.63. The van der Waals surface area contributed by atoms with E-state index in [1.807, 2.05) is 0 Å². The highest BCUT2D eigenvalue weighted by atomic mass is 32.3. The van der Waals surface area contributed by atoms with Crippen LogP contribution in [0, 0.1) is 0 Å². The Hall–Kier alpha value is -1.07. The summed E-state index contributed by atoms with van der Waals surface area (Å²) >= 11 is 0. The van der Waals surface area contributed by atoms with E-state index in [0.717, 1.165) is 12.0 Å². The van der Waals surface area contributed by atoms with E-state index in [-0.39, 0.29) is 5.75 Å². The van der Waals surface area contributed by atoms with Crippen LogP contribution in [0.2, 0.25) is 0 Å². The molecular weight excluding hydrogens is 216 g/mol. The summed E-state index contributed by atoms with van der Waals surface area (Å²) in [5, 5.41) is 0. The van der Waals surface area contributed by atoms with Crippen LogP contribution in [0.3, 0.4) is 0 Å². The third-order valence-corrected chi connectivity index (χ3v) is 2.67. The molecular formula is C10H14O4S. The van der Waals surface area contributed by atoms with E-state index in [2.05, 4.69) is 18.0 Å². The molecule has 0 aliphatic heterocycles. The predicted molar refractivity (Wildman–Crippen MR) is 57.3 cm³/mol. The first-order valence-corrected chi connectivity index (χ1v) is 6.05. The molecule has 0 amide bonds. The Labute approximate surface area is 89.8 Å². The van der Waals surface area contributed by atoms with Crippen LogP contribution in [0.1, 0.15) is 31.7 Å². The van der Waals surface area contributed by atoms with Gasteiger partial charge < -0.3 is 4.18 Å². The summed E-state index contributed by atoms with van der Waals surface area (Å²) in [7, 11) is -4.42. The van der Waals surface area contributed by atoms with Crippen molar-refractivity contribution in [2.75, 3.05) is 0 Å². The lowest BCUT2D eigenvalue weighted by Crippen LogP contribution is -2.06. The Balaban J connectivity index is 2.81. The van der Waals surface area contributed by atoms with Crippen LogP contribution in [0.5, 0.6) is 5.75 Å². The molecule has 0 spiro atoms. The van der Waals surface area contributed by atoms with Gasteiger partial charge in [0.05, 0.1) is 0 Å². The molecule has 1 aromatic rings. The van der Waals surface area contributed by atoms with Crippen molar-refractivity contribution < 1.29 is 17.2 Å². The van der Waals surface area contributed by atoms with Gasteiger partial charge >= 0.3 is 10.4 Å². The maximum atomic E-state index is 10.4. The molecule has 0 heterocycles. The predicted octanol–water partition coefficient (Wildman–Crippen LogP) is 2.38. The molecule has 1 rings (SSSR count). The highest BCUT2D eigenvalue weighted by molar-refractivity contribution is 7.81. The van der Waals surface area contributed by atoms with E-state index in [1.54, 1.807) is 12.1 Å². The van der Waals surface area contributed by atoms with E-state index in [4.69, 9.17) is 4.55 Å². The molecule has 1 atom stereocenters. The summed E-state index contributed by atoms with van der Waals surface area (Å²) in [6, 6.07) is 6.62. The zero-order valence-corrected chi connectivity index (χ0v) is 9.49. The molecule has 15 heavy (non-hydrogen) atoms. The van der Waals surface area contributed by atoms with Crippen LogP contribution >= 0.6 is 0 Å². The van der Waals surface area contributed by atoms with Crippen LogP contribution in [0.4, 0.5) is 0 Å². The minimum atomic E-state index is -4.42. The van der Waals surface area contributed by atoms with E-state index < -0.39 is 10.4 Å². The van der Waals surface area contributed by atoms with Crippen molar-refractivity contribution >= 4 is 10.4 Å². The SMILES string of the molecule is CCC(C)c1ccc(OS(=O)(=O)O)cc1. The van der Waals surface area contributed by atoms with Crippen molar-refractivity contribution in [3.63, 3.8) is 0 Å². The van der Waals surface area contributed by atoms with Gasteiger partial charge in [-0.2, -0.15) is 8.42 Å². The molecule has 0 bridgehead atoms. The molecule has 0 aliphatic carbocycles. The number of rotatable bonds is 4. The molecule has 84 valence electrons. The van der Waals surface area contributed by atoms with Crippen molar-refractivity contribution in [2.24, 2.45) is 0 Å². The molecule has 0 radical (unpaired) electrons. The Bertz CT molecular complexity index is 408. The maximum Gasteiger partial charge on any atom is 0.446 e. The first-order valence-electron chi connectivity index (χ1n) is 4.69. The lowest BCUT2D eigenvalue weighted by atomic mass is 9.99. The minimum Gasteiger partial charge on any atom is -0.362 e. The Morgan fingerprint density at radius 1 is 1.33 bits per heavy atom. The molecule has 1 N–H and O–H groups in total. The smallest absolute Gasteiger partial charge is 0.362 e. The summed E-state index contributed by atoms with van der Waals surface area (Å²) in [5.74, 6) is 0.536. The van der Waals surface area contributed by atoms with Gasteiger partial charge in [0.1, 0.15) is 5.75 Å². The van der Waals surface area contributed by atoms with Crippen molar-refractivity contribution in [3.8, 4) is 5.75 Å². The molecule has 1 unspecified atom stereocenters. The van der Waals surface area contributed by atoms with Crippen molar-refractivity contribution in [1.82, 2.24) is 0 Å². The van der Waals surface area contributed by atoms with E-state index in [1.165, 1.54) is 12.1 Å². The van der Waals surface area contributed by atoms with Crippen LogP contribution in [-0.4, -0.2) is 13.0 Å². The molecule has 0 saturated heterocycles. The Morgan fingerprint density at radius 2 is 1.87 bits per heavy atom. The standard InChI is InChI=1S/C10H14O4S/c1-3-8(2)9-4-6-10(7-5-9)14-15(11,12)13/h4-8H,3H2,1-2H3,(H,11,12,13). The zero-order valence-electron chi connectivity index (χ0n) is 8.67. The van der Waals surface area contributed by atoms with Gasteiger partial charge in [0.15, 0.2) is 0 Å². The largest absolute Gasteiger partial charge is 0.446 e. The summed E-state index contributed by atoms with van der Waals surface area (Å²) in [4.78, 5) is 0. The molecule has 0 fully saturated rings. The monoisotopic (exact) mass is 230 g/mol. The van der Waals surface area contributed by atoms with Crippen molar-refractivity contribution in [1.29, 1.82) is 0 Å². The summed E-state index contributed by atoms with van der Waals surface area (Å²) in [6.45, 7) is 4.16. The normalized spacial score (nSPS) is 13.5. The van der Waals surface area contributed by atoms with Gasteiger partial charge in [0.25, 0.3) is 0 Å². The van der Waals surface area contributed by atoms with Gasteiger partial charge in [-0.1, -0.05) is 26.0 Å². The van der Waals surface area contributed by atoms with Crippen molar-refractivity contribution in [3.05, 3.63) is 29.8 Å². The first-order chi connectivity index (χ1) is 6.92. The van der Waals surface area contributed by atoms with Gasteiger partial charge in [-0.25, -0.2) is 0 Å². The van der Waals surface area contributed by atoms with E-state index in [9.17, 15) is 8.42 Å². The summed E-state index contributed by atoms with van der Waals surface area (Å²) < 4.78 is 33.6. The second-order valence-corrected chi connectivity index (χ2v) is 4.41. The van der Waals surface area contributed by atoms with E-state index in [0.29, 0.717) is 5.92 Å². The first kappa shape index (κ1) is 12.0. The third kappa shape index (κ3) is 3.89. The molecule has 4 nitrogen and oxygen atoms in total. The topological polar surface area (TPSA) is 63.6 Å². The maximum absolute atomic E-state index is 10.4. The molecule has 1 aromatic carbocycles.